The number of nitrogens with one attached hydrogen (secondary N) is 2. The first kappa shape index (κ1) is 26.4. The zero-order valence-electron chi connectivity index (χ0n) is 21.4. The van der Waals surface area contributed by atoms with Crippen molar-refractivity contribution in [3.63, 3.8) is 0 Å². The molecule has 8 heteroatoms. The van der Waals surface area contributed by atoms with Crippen molar-refractivity contribution >= 4 is 40.7 Å². The van der Waals surface area contributed by atoms with Crippen molar-refractivity contribution in [2.24, 2.45) is 0 Å². The summed E-state index contributed by atoms with van der Waals surface area (Å²) >= 11 is 12.8. The Morgan fingerprint density at radius 3 is 2.45 bits per heavy atom. The molecule has 3 N–H and O–H groups in total. The molecule has 1 fully saturated rings. The molecule has 6 nitrogen and oxygen atoms in total. The van der Waals surface area contributed by atoms with E-state index in [-0.39, 0.29) is 31.4 Å². The predicted octanol–water partition coefficient (Wildman–Crippen LogP) is 6.27. The molecule has 4 aromatic carbocycles. The van der Waals surface area contributed by atoms with Crippen LogP contribution in [0.2, 0.25) is 10.0 Å². The Labute approximate surface area is 241 Å². The Kier molecular flexibility index (Phi) is 7.00. The number of rotatable bonds is 6. The monoisotopic (exact) mass is 572 g/mol. The summed E-state index contributed by atoms with van der Waals surface area (Å²) < 4.78 is 6.00. The first-order valence-electron chi connectivity index (χ1n) is 13.0. The van der Waals surface area contributed by atoms with E-state index < -0.39 is 17.4 Å². The van der Waals surface area contributed by atoms with Gasteiger partial charge in [-0.1, -0.05) is 77.8 Å². The highest BCUT2D eigenvalue weighted by atomic mass is 35.5. The molecule has 0 saturated carbocycles. The number of aliphatic hydroxyl groups is 1. The summed E-state index contributed by atoms with van der Waals surface area (Å²) in [4.78, 5) is 27.8. The molecular weight excluding hydrogens is 547 g/mol. The standard InChI is InChI=1S/C32H26Cl2N2O4/c33-22-8-4-7-21(15-22)26-18-29(38)36-30(32(26)25-11-10-23(34)17-27(25)35-31(32)39)24-16-20(19-5-2-1-3-6-19)9-12-28(24)40-14-13-37/h1-12,15-17,26,30,37H,13-14,18H2,(H,35,39)(H,36,38)/t26-,30+,32-/m0/s1. The second kappa shape index (κ2) is 10.6. The van der Waals surface area contributed by atoms with Gasteiger partial charge in [0, 0.05) is 33.6 Å². The van der Waals surface area contributed by atoms with Gasteiger partial charge in [0.05, 0.1) is 12.6 Å². The fraction of sp³-hybridized carbons (Fsp3) is 0.188. The number of halogens is 2. The number of ether oxygens (including phenoxy) is 1. The summed E-state index contributed by atoms with van der Waals surface area (Å²) in [5.41, 5.74) is 3.37. The highest BCUT2D eigenvalue weighted by Crippen LogP contribution is 2.58. The summed E-state index contributed by atoms with van der Waals surface area (Å²) in [6.07, 6.45) is 0.0809. The van der Waals surface area contributed by atoms with Crippen LogP contribution in [0.4, 0.5) is 5.69 Å². The normalized spacial score (nSPS) is 21.6. The van der Waals surface area contributed by atoms with E-state index in [4.69, 9.17) is 27.9 Å². The highest BCUT2D eigenvalue weighted by molar-refractivity contribution is 6.31. The van der Waals surface area contributed by atoms with Gasteiger partial charge in [-0.3, -0.25) is 9.59 Å². The number of carbonyl (C=O) groups excluding carboxylic acids is 2. The first-order chi connectivity index (χ1) is 19.4. The third-order valence-electron chi connectivity index (χ3n) is 7.78. The van der Waals surface area contributed by atoms with Gasteiger partial charge in [0.2, 0.25) is 11.8 Å². The number of aliphatic hydroxyl groups excluding tert-OH is 1. The molecule has 3 atom stereocenters. The Hall–Kier alpha value is -3.84. The number of carbonyl (C=O) groups is 2. The summed E-state index contributed by atoms with van der Waals surface area (Å²) in [6.45, 7) is -0.129. The molecule has 2 aliphatic rings. The molecule has 0 bridgehead atoms. The third-order valence-corrected chi connectivity index (χ3v) is 8.25. The van der Waals surface area contributed by atoms with E-state index >= 15 is 0 Å². The highest BCUT2D eigenvalue weighted by Gasteiger charge is 2.61. The molecule has 0 aliphatic carbocycles. The fourth-order valence-electron chi connectivity index (χ4n) is 6.14. The molecule has 0 aromatic heterocycles. The van der Waals surface area contributed by atoms with Gasteiger partial charge in [-0.25, -0.2) is 0 Å². The van der Waals surface area contributed by atoms with Crippen molar-refractivity contribution in [1.82, 2.24) is 5.32 Å². The van der Waals surface area contributed by atoms with E-state index in [2.05, 4.69) is 10.6 Å². The second-order valence-electron chi connectivity index (χ2n) is 10.0. The number of fused-ring (bicyclic) bond motifs is 2. The van der Waals surface area contributed by atoms with E-state index in [0.29, 0.717) is 27.0 Å². The van der Waals surface area contributed by atoms with Crippen molar-refractivity contribution in [1.29, 1.82) is 0 Å². The third kappa shape index (κ3) is 4.42. The van der Waals surface area contributed by atoms with E-state index in [1.807, 2.05) is 72.8 Å². The molecule has 2 amide bonds. The van der Waals surface area contributed by atoms with Gasteiger partial charge < -0.3 is 20.5 Å². The van der Waals surface area contributed by atoms with Crippen LogP contribution in [-0.2, 0) is 15.0 Å². The van der Waals surface area contributed by atoms with Gasteiger partial charge in [-0.15, -0.1) is 0 Å². The van der Waals surface area contributed by atoms with Crippen molar-refractivity contribution < 1.29 is 19.4 Å². The maximum Gasteiger partial charge on any atom is 0.238 e. The predicted molar refractivity (Wildman–Crippen MR) is 156 cm³/mol. The maximum absolute atomic E-state index is 14.3. The van der Waals surface area contributed by atoms with E-state index in [0.717, 1.165) is 22.3 Å². The van der Waals surface area contributed by atoms with Crippen molar-refractivity contribution in [3.8, 4) is 16.9 Å². The molecule has 1 spiro atoms. The lowest BCUT2D eigenvalue weighted by molar-refractivity contribution is -0.131. The summed E-state index contributed by atoms with van der Waals surface area (Å²) in [5.74, 6) is -0.522. The van der Waals surface area contributed by atoms with E-state index in [1.165, 1.54) is 0 Å². The second-order valence-corrected chi connectivity index (χ2v) is 10.9. The van der Waals surface area contributed by atoms with Crippen LogP contribution in [-0.4, -0.2) is 30.1 Å². The Balaban J connectivity index is 1.63. The largest absolute Gasteiger partial charge is 0.491 e. The topological polar surface area (TPSA) is 87.7 Å². The van der Waals surface area contributed by atoms with Crippen LogP contribution in [0.5, 0.6) is 5.75 Å². The van der Waals surface area contributed by atoms with Crippen LogP contribution in [0.3, 0.4) is 0 Å². The zero-order chi connectivity index (χ0) is 27.9. The molecule has 4 aromatic rings. The van der Waals surface area contributed by atoms with E-state index in [1.54, 1.807) is 18.2 Å². The Bertz CT molecular complexity index is 1610. The van der Waals surface area contributed by atoms with Crippen molar-refractivity contribution in [3.05, 3.63) is 118 Å². The number of anilines is 1. The molecule has 2 aliphatic heterocycles. The molecule has 40 heavy (non-hydrogen) atoms. The Morgan fingerprint density at radius 2 is 1.68 bits per heavy atom. The summed E-state index contributed by atoms with van der Waals surface area (Å²) in [5, 5.41) is 16.7. The number of benzene rings is 4. The fourth-order valence-corrected chi connectivity index (χ4v) is 6.51. The SMILES string of the molecule is O=C1C[C@@H](c2cccc(Cl)c2)[C@]2(C(=O)Nc3cc(Cl)ccc32)[C@@H](c2cc(-c3ccccc3)ccc2OCCO)N1. The van der Waals surface area contributed by atoms with Gasteiger partial charge in [0.15, 0.2) is 0 Å². The maximum atomic E-state index is 14.3. The van der Waals surface area contributed by atoms with Crippen LogP contribution in [0.1, 0.15) is 35.1 Å². The van der Waals surface area contributed by atoms with E-state index in [9.17, 15) is 14.7 Å². The summed E-state index contributed by atoms with van der Waals surface area (Å²) in [6, 6.07) is 27.4. The minimum absolute atomic E-state index is 0.0570. The smallest absolute Gasteiger partial charge is 0.238 e. The minimum Gasteiger partial charge on any atom is -0.491 e. The molecule has 0 radical (unpaired) electrons. The number of piperidine rings is 1. The minimum atomic E-state index is -1.24. The van der Waals surface area contributed by atoms with Crippen LogP contribution in [0.15, 0.2) is 91.0 Å². The number of hydrogen-bond acceptors (Lipinski definition) is 4. The van der Waals surface area contributed by atoms with Gasteiger partial charge in [-0.05, 0) is 58.7 Å². The average molecular weight is 573 g/mol. The van der Waals surface area contributed by atoms with Crippen LogP contribution >= 0.6 is 23.2 Å². The molecule has 202 valence electrons. The molecular formula is C32H26Cl2N2O4. The molecule has 6 rings (SSSR count). The Morgan fingerprint density at radius 1 is 0.875 bits per heavy atom. The summed E-state index contributed by atoms with van der Waals surface area (Å²) in [7, 11) is 0. The van der Waals surface area contributed by atoms with Gasteiger partial charge in [0.1, 0.15) is 17.8 Å². The van der Waals surface area contributed by atoms with Crippen LogP contribution in [0.25, 0.3) is 11.1 Å². The lowest BCUT2D eigenvalue weighted by Crippen LogP contribution is -2.56. The quantitative estimate of drug-likeness (QED) is 0.254. The number of hydrogen-bond donors (Lipinski definition) is 3. The zero-order valence-corrected chi connectivity index (χ0v) is 22.9. The van der Waals surface area contributed by atoms with Crippen molar-refractivity contribution in [2.75, 3.05) is 18.5 Å². The van der Waals surface area contributed by atoms with Gasteiger partial charge >= 0.3 is 0 Å². The molecule has 0 unspecified atom stereocenters. The van der Waals surface area contributed by atoms with Crippen LogP contribution in [0, 0.1) is 0 Å². The van der Waals surface area contributed by atoms with Crippen molar-refractivity contribution in [2.45, 2.75) is 23.8 Å². The average Bonchev–Trinajstić information content (AvgIpc) is 3.24. The van der Waals surface area contributed by atoms with Gasteiger partial charge in [-0.2, -0.15) is 0 Å². The molecule has 1 saturated heterocycles. The lowest BCUT2D eigenvalue weighted by Gasteiger charge is -2.46. The first-order valence-corrected chi connectivity index (χ1v) is 13.8. The molecule has 2 heterocycles. The van der Waals surface area contributed by atoms with Crippen LogP contribution < -0.4 is 15.4 Å². The van der Waals surface area contributed by atoms with Gasteiger partial charge in [0.25, 0.3) is 0 Å². The number of amides is 2. The lowest BCUT2D eigenvalue weighted by atomic mass is 9.59.